The van der Waals surface area contributed by atoms with E-state index in [-0.39, 0.29) is 0 Å². The number of hydrogen-bond acceptors (Lipinski definition) is 1. The van der Waals surface area contributed by atoms with E-state index in [2.05, 4.69) is 32.9 Å². The highest BCUT2D eigenvalue weighted by molar-refractivity contribution is 4.80. The first-order chi connectivity index (χ1) is 7.66. The highest BCUT2D eigenvalue weighted by Gasteiger charge is 2.27. The van der Waals surface area contributed by atoms with Crippen molar-refractivity contribution >= 4 is 0 Å². The van der Waals surface area contributed by atoms with Gasteiger partial charge in [0.05, 0.1) is 12.7 Å². The fourth-order valence-electron chi connectivity index (χ4n) is 2.47. The molecule has 16 heavy (non-hydrogen) atoms. The number of allylic oxidation sites excluding steroid dienone is 2. The minimum atomic E-state index is 0.412. The molecule has 1 aliphatic carbocycles. The van der Waals surface area contributed by atoms with E-state index in [0.29, 0.717) is 11.5 Å². The summed E-state index contributed by atoms with van der Waals surface area (Å²) in [5.41, 5.74) is 0.465. The van der Waals surface area contributed by atoms with Crippen LogP contribution in [-0.4, -0.2) is 12.7 Å². The van der Waals surface area contributed by atoms with Crippen molar-refractivity contribution in [3.05, 3.63) is 12.2 Å². The molecule has 1 fully saturated rings. The lowest BCUT2D eigenvalue weighted by molar-refractivity contribution is -0.0122. The summed E-state index contributed by atoms with van der Waals surface area (Å²) in [5.74, 6) is 0. The van der Waals surface area contributed by atoms with Gasteiger partial charge >= 0.3 is 0 Å². The molecule has 94 valence electrons. The Morgan fingerprint density at radius 3 is 2.56 bits per heavy atom. The topological polar surface area (TPSA) is 9.23 Å². The van der Waals surface area contributed by atoms with Crippen LogP contribution in [0.2, 0.25) is 0 Å². The molecule has 1 heteroatoms. The maximum atomic E-state index is 6.00. The van der Waals surface area contributed by atoms with E-state index in [4.69, 9.17) is 4.74 Å². The summed E-state index contributed by atoms with van der Waals surface area (Å²) in [5, 5.41) is 0. The Bertz CT molecular complexity index is 201. The monoisotopic (exact) mass is 224 g/mol. The second-order valence-electron chi connectivity index (χ2n) is 5.64. The molecule has 0 aromatic heterocycles. The lowest BCUT2D eigenvalue weighted by atomic mass is 9.76. The van der Waals surface area contributed by atoms with Crippen molar-refractivity contribution < 1.29 is 4.74 Å². The van der Waals surface area contributed by atoms with Gasteiger partial charge in [0.1, 0.15) is 0 Å². The van der Waals surface area contributed by atoms with Gasteiger partial charge in [-0.3, -0.25) is 0 Å². The van der Waals surface area contributed by atoms with Gasteiger partial charge in [-0.05, 0) is 44.9 Å². The Hall–Kier alpha value is -0.300. The standard InChI is InChI=1S/C15H28O/c1-4-5-7-10-14(2)16-13-15(3)11-8-6-9-12-15/h4-5,14H,6-13H2,1-3H3. The summed E-state index contributed by atoms with van der Waals surface area (Å²) >= 11 is 0. The smallest absolute Gasteiger partial charge is 0.0550 e. The largest absolute Gasteiger partial charge is 0.378 e. The van der Waals surface area contributed by atoms with Gasteiger partial charge in [0.2, 0.25) is 0 Å². The molecular weight excluding hydrogens is 196 g/mol. The number of ether oxygens (including phenoxy) is 1. The summed E-state index contributed by atoms with van der Waals surface area (Å²) in [6, 6.07) is 0. The van der Waals surface area contributed by atoms with Crippen molar-refractivity contribution in [3.63, 3.8) is 0 Å². The van der Waals surface area contributed by atoms with Crippen LogP contribution in [0, 0.1) is 5.41 Å². The van der Waals surface area contributed by atoms with Crippen molar-refractivity contribution in [2.24, 2.45) is 5.41 Å². The van der Waals surface area contributed by atoms with E-state index >= 15 is 0 Å². The van der Waals surface area contributed by atoms with Gasteiger partial charge in [-0.1, -0.05) is 38.3 Å². The first kappa shape index (κ1) is 13.8. The fourth-order valence-corrected chi connectivity index (χ4v) is 2.47. The minimum absolute atomic E-state index is 0.412. The maximum Gasteiger partial charge on any atom is 0.0550 e. The molecule has 0 heterocycles. The van der Waals surface area contributed by atoms with Gasteiger partial charge in [0, 0.05) is 0 Å². The zero-order valence-electron chi connectivity index (χ0n) is 11.3. The van der Waals surface area contributed by atoms with Crippen LogP contribution in [0.3, 0.4) is 0 Å². The molecule has 1 nitrogen and oxygen atoms in total. The molecule has 1 saturated carbocycles. The van der Waals surface area contributed by atoms with Crippen molar-refractivity contribution in [1.82, 2.24) is 0 Å². The zero-order valence-corrected chi connectivity index (χ0v) is 11.3. The van der Waals surface area contributed by atoms with Crippen LogP contribution in [0.15, 0.2) is 12.2 Å². The van der Waals surface area contributed by atoms with Crippen LogP contribution in [0.1, 0.15) is 65.7 Å². The zero-order chi connectivity index (χ0) is 11.9. The van der Waals surface area contributed by atoms with E-state index < -0.39 is 0 Å². The average Bonchev–Trinajstić information content (AvgIpc) is 2.28. The predicted molar refractivity (Wildman–Crippen MR) is 70.7 cm³/mol. The molecule has 0 saturated heterocycles. The Morgan fingerprint density at radius 1 is 1.25 bits per heavy atom. The van der Waals surface area contributed by atoms with Crippen molar-refractivity contribution in [1.29, 1.82) is 0 Å². The highest BCUT2D eigenvalue weighted by Crippen LogP contribution is 2.36. The van der Waals surface area contributed by atoms with Crippen LogP contribution in [0.5, 0.6) is 0 Å². The molecule has 0 radical (unpaired) electrons. The van der Waals surface area contributed by atoms with E-state index in [1.54, 1.807) is 0 Å². The van der Waals surface area contributed by atoms with Gasteiger partial charge in [0.25, 0.3) is 0 Å². The van der Waals surface area contributed by atoms with E-state index in [1.807, 2.05) is 0 Å². The fraction of sp³-hybridized carbons (Fsp3) is 0.867. The van der Waals surface area contributed by atoms with Crippen LogP contribution in [-0.2, 0) is 4.74 Å². The SMILES string of the molecule is CC=CCCC(C)OCC1(C)CCCCC1. The lowest BCUT2D eigenvalue weighted by Gasteiger charge is -2.34. The molecular formula is C15H28O. The van der Waals surface area contributed by atoms with Gasteiger partial charge in [-0.2, -0.15) is 0 Å². The summed E-state index contributed by atoms with van der Waals surface area (Å²) < 4.78 is 6.00. The molecule has 0 aliphatic heterocycles. The second kappa shape index (κ2) is 7.11. The molecule has 0 N–H and O–H groups in total. The first-order valence-corrected chi connectivity index (χ1v) is 6.89. The molecule has 1 aliphatic rings. The van der Waals surface area contributed by atoms with Crippen LogP contribution in [0.25, 0.3) is 0 Å². The average molecular weight is 224 g/mol. The Labute approximate surface area is 101 Å². The number of hydrogen-bond donors (Lipinski definition) is 0. The third-order valence-electron chi connectivity index (χ3n) is 3.75. The predicted octanol–water partition coefficient (Wildman–Crippen LogP) is 4.72. The van der Waals surface area contributed by atoms with Crippen molar-refractivity contribution in [2.75, 3.05) is 6.61 Å². The highest BCUT2D eigenvalue weighted by atomic mass is 16.5. The van der Waals surface area contributed by atoms with E-state index in [1.165, 1.54) is 32.1 Å². The van der Waals surface area contributed by atoms with Crippen molar-refractivity contribution in [2.45, 2.75) is 71.8 Å². The van der Waals surface area contributed by atoms with Gasteiger partial charge in [-0.25, -0.2) is 0 Å². The third kappa shape index (κ3) is 5.16. The molecule has 1 rings (SSSR count). The van der Waals surface area contributed by atoms with Gasteiger partial charge < -0.3 is 4.74 Å². The molecule has 0 aromatic rings. The molecule has 0 amide bonds. The van der Waals surface area contributed by atoms with Gasteiger partial charge in [-0.15, -0.1) is 0 Å². The molecule has 1 atom stereocenters. The third-order valence-corrected chi connectivity index (χ3v) is 3.75. The number of rotatable bonds is 6. The quantitative estimate of drug-likeness (QED) is 0.593. The maximum absolute atomic E-state index is 6.00. The first-order valence-electron chi connectivity index (χ1n) is 6.89. The van der Waals surface area contributed by atoms with E-state index in [9.17, 15) is 0 Å². The lowest BCUT2D eigenvalue weighted by Crippen LogP contribution is -2.28. The summed E-state index contributed by atoms with van der Waals surface area (Å²) in [6.07, 6.45) is 14.0. The van der Waals surface area contributed by atoms with Crippen LogP contribution >= 0.6 is 0 Å². The molecule has 0 aromatic carbocycles. The van der Waals surface area contributed by atoms with Crippen LogP contribution < -0.4 is 0 Å². The normalized spacial score (nSPS) is 22.4. The summed E-state index contributed by atoms with van der Waals surface area (Å²) in [6.45, 7) is 7.64. The Morgan fingerprint density at radius 2 is 1.94 bits per heavy atom. The molecule has 0 spiro atoms. The summed E-state index contributed by atoms with van der Waals surface area (Å²) in [7, 11) is 0. The Balaban J connectivity index is 2.16. The van der Waals surface area contributed by atoms with Crippen molar-refractivity contribution in [3.8, 4) is 0 Å². The summed E-state index contributed by atoms with van der Waals surface area (Å²) in [4.78, 5) is 0. The molecule has 0 bridgehead atoms. The molecule has 1 unspecified atom stereocenters. The second-order valence-corrected chi connectivity index (χ2v) is 5.64. The minimum Gasteiger partial charge on any atom is -0.378 e. The van der Waals surface area contributed by atoms with Gasteiger partial charge in [0.15, 0.2) is 0 Å². The Kier molecular flexibility index (Phi) is 6.12. The van der Waals surface area contributed by atoms with Crippen LogP contribution in [0.4, 0.5) is 0 Å². The van der Waals surface area contributed by atoms with E-state index in [0.717, 1.165) is 19.4 Å².